The van der Waals surface area contributed by atoms with Crippen molar-refractivity contribution in [1.82, 2.24) is 5.32 Å². The number of fused-ring (bicyclic) bond motifs is 5. The zero-order chi connectivity index (χ0) is 32.6. The van der Waals surface area contributed by atoms with Gasteiger partial charge in [0.05, 0.1) is 43.0 Å². The summed E-state index contributed by atoms with van der Waals surface area (Å²) in [6.07, 6.45) is -7.82. The van der Waals surface area contributed by atoms with Crippen molar-refractivity contribution in [2.24, 2.45) is 28.6 Å². The van der Waals surface area contributed by atoms with Crippen LogP contribution in [0.3, 0.4) is 0 Å². The smallest absolute Gasteiger partial charge is 0.407 e. The van der Waals surface area contributed by atoms with Crippen LogP contribution >= 0.6 is 0 Å². The predicted molar refractivity (Wildman–Crippen MR) is 155 cm³/mol. The SMILES string of the molecule is COC(=O)NC(c1ccccc1)C(O)C(OO)C1CC2(O)C(C)C3C4(O)COC4CC(O)[C@@]3(C)C(=O)C(O)C(=C1C)C2(C)C. The van der Waals surface area contributed by atoms with Crippen molar-refractivity contribution in [1.29, 1.82) is 0 Å². The second-order valence-corrected chi connectivity index (χ2v) is 13.9. The Kier molecular flexibility index (Phi) is 8.34. The van der Waals surface area contributed by atoms with Crippen LogP contribution in [0.4, 0.5) is 4.79 Å². The summed E-state index contributed by atoms with van der Waals surface area (Å²) in [6.45, 7) is 8.23. The Hall–Kier alpha value is -2.42. The quantitative estimate of drug-likeness (QED) is 0.138. The van der Waals surface area contributed by atoms with Crippen LogP contribution in [0.25, 0.3) is 0 Å². The van der Waals surface area contributed by atoms with E-state index >= 15 is 0 Å². The van der Waals surface area contributed by atoms with E-state index in [1.54, 1.807) is 58.0 Å². The van der Waals surface area contributed by atoms with Crippen LogP contribution in [0.1, 0.15) is 59.1 Å². The third kappa shape index (κ3) is 4.41. The first kappa shape index (κ1) is 33.0. The maximum Gasteiger partial charge on any atom is 0.407 e. The van der Waals surface area contributed by atoms with Crippen molar-refractivity contribution in [2.75, 3.05) is 13.7 Å². The molecule has 12 heteroatoms. The molecule has 0 aromatic heterocycles. The Morgan fingerprint density at radius 3 is 2.32 bits per heavy atom. The van der Waals surface area contributed by atoms with E-state index in [0.29, 0.717) is 11.1 Å². The number of carbonyl (C=O) groups excluding carboxylic acids is 2. The number of methoxy groups -OCH3 is 1. The molecule has 3 aliphatic carbocycles. The topological polar surface area (TPSA) is 195 Å². The largest absolute Gasteiger partial charge is 0.453 e. The van der Waals surface area contributed by atoms with Gasteiger partial charge in [0.2, 0.25) is 0 Å². The number of benzene rings is 1. The summed E-state index contributed by atoms with van der Waals surface area (Å²) < 4.78 is 10.4. The Bertz CT molecular complexity index is 1320. The van der Waals surface area contributed by atoms with Gasteiger partial charge in [-0.1, -0.05) is 56.7 Å². The molecule has 1 amide bonds. The Balaban J connectivity index is 1.66. The van der Waals surface area contributed by atoms with E-state index in [1.807, 2.05) is 0 Å². The van der Waals surface area contributed by atoms with Crippen molar-refractivity contribution < 1.29 is 54.7 Å². The lowest BCUT2D eigenvalue weighted by Crippen LogP contribution is -2.78. The summed E-state index contributed by atoms with van der Waals surface area (Å²) >= 11 is 0. The van der Waals surface area contributed by atoms with Crippen LogP contribution in [0.5, 0.6) is 0 Å². The van der Waals surface area contributed by atoms with Crippen LogP contribution in [0, 0.1) is 28.6 Å². The minimum absolute atomic E-state index is 0.00214. The summed E-state index contributed by atoms with van der Waals surface area (Å²) in [5.41, 5.74) is -5.09. The highest BCUT2D eigenvalue weighted by Crippen LogP contribution is 2.65. The van der Waals surface area contributed by atoms with Gasteiger partial charge < -0.3 is 40.3 Å². The molecule has 12 atom stereocenters. The molecule has 1 aliphatic heterocycles. The summed E-state index contributed by atoms with van der Waals surface area (Å²) in [7, 11) is 1.17. The first-order valence-corrected chi connectivity index (χ1v) is 15.1. The van der Waals surface area contributed by atoms with E-state index in [4.69, 9.17) is 14.4 Å². The number of alkyl carbamates (subject to hydrolysis) is 1. The molecule has 1 aromatic rings. The van der Waals surface area contributed by atoms with Crippen molar-refractivity contribution >= 4 is 11.9 Å². The lowest BCUT2D eigenvalue weighted by molar-refractivity contribution is -0.339. The van der Waals surface area contributed by atoms with E-state index in [-0.39, 0.29) is 25.0 Å². The van der Waals surface area contributed by atoms with E-state index in [9.17, 15) is 40.4 Å². The molecule has 7 N–H and O–H groups in total. The molecule has 2 saturated carbocycles. The van der Waals surface area contributed by atoms with Crippen LogP contribution in [0.15, 0.2) is 41.5 Å². The second-order valence-electron chi connectivity index (χ2n) is 13.9. The molecule has 1 saturated heterocycles. The molecule has 12 nitrogen and oxygen atoms in total. The van der Waals surface area contributed by atoms with E-state index < -0.39 is 88.2 Å². The number of ketones is 1. The lowest BCUT2D eigenvalue weighted by atomic mass is 9.42. The van der Waals surface area contributed by atoms with Gasteiger partial charge in [0.25, 0.3) is 0 Å². The monoisotopic (exact) mass is 619 g/mol. The maximum absolute atomic E-state index is 14.3. The number of rotatable bonds is 6. The number of Topliss-reactive ketones (excluding diaryl/α,β-unsaturated/α-hetero) is 1. The normalized spacial score (nSPS) is 41.6. The molecule has 1 aromatic carbocycles. The van der Waals surface area contributed by atoms with E-state index in [2.05, 4.69) is 5.32 Å². The van der Waals surface area contributed by atoms with Crippen molar-refractivity contribution in [2.45, 2.75) is 95.2 Å². The number of hydrogen-bond donors (Lipinski definition) is 7. The van der Waals surface area contributed by atoms with Gasteiger partial charge in [-0.3, -0.25) is 10.1 Å². The van der Waals surface area contributed by atoms with Crippen molar-refractivity contribution in [3.05, 3.63) is 47.0 Å². The average molecular weight is 620 g/mol. The molecular weight excluding hydrogens is 574 g/mol. The van der Waals surface area contributed by atoms with E-state index in [0.717, 1.165) is 0 Å². The summed E-state index contributed by atoms with van der Waals surface area (Å²) in [5, 5.41) is 72.5. The third-order valence-corrected chi connectivity index (χ3v) is 11.8. The van der Waals surface area contributed by atoms with Crippen LogP contribution in [-0.4, -0.2) is 98.1 Å². The number of aliphatic hydroxyl groups is 5. The molecule has 1 heterocycles. The van der Waals surface area contributed by atoms with Gasteiger partial charge >= 0.3 is 6.09 Å². The highest BCUT2D eigenvalue weighted by molar-refractivity contribution is 5.93. The third-order valence-electron chi connectivity index (χ3n) is 11.8. The van der Waals surface area contributed by atoms with Crippen LogP contribution in [-0.2, 0) is 19.2 Å². The molecule has 11 unspecified atom stereocenters. The first-order valence-electron chi connectivity index (χ1n) is 15.1. The zero-order valence-corrected chi connectivity index (χ0v) is 25.9. The van der Waals surface area contributed by atoms with Crippen LogP contribution < -0.4 is 5.32 Å². The molecular formula is C32H45NO11. The number of aliphatic hydroxyl groups excluding tert-OH is 3. The molecule has 44 heavy (non-hydrogen) atoms. The summed E-state index contributed by atoms with van der Waals surface area (Å²) in [5.74, 6) is -3.53. The van der Waals surface area contributed by atoms with Gasteiger partial charge in [-0.25, -0.2) is 9.68 Å². The molecule has 4 aliphatic rings. The van der Waals surface area contributed by atoms with Crippen molar-refractivity contribution in [3.8, 4) is 0 Å². The van der Waals surface area contributed by atoms with E-state index in [1.165, 1.54) is 14.0 Å². The zero-order valence-electron chi connectivity index (χ0n) is 25.9. The summed E-state index contributed by atoms with van der Waals surface area (Å²) in [6, 6.07) is 7.39. The maximum atomic E-state index is 14.3. The predicted octanol–water partition coefficient (Wildman–Crippen LogP) is 1.49. The Morgan fingerprint density at radius 1 is 1.14 bits per heavy atom. The average Bonchev–Trinajstić information content (AvgIpc) is 2.99. The number of nitrogens with one attached hydrogen (secondary N) is 1. The minimum Gasteiger partial charge on any atom is -0.453 e. The fraction of sp³-hybridized carbons (Fsp3) is 0.688. The van der Waals surface area contributed by atoms with Gasteiger partial charge in [0.15, 0.2) is 5.78 Å². The fourth-order valence-electron chi connectivity index (χ4n) is 9.20. The van der Waals surface area contributed by atoms with Gasteiger partial charge in [-0.15, -0.1) is 0 Å². The summed E-state index contributed by atoms with van der Waals surface area (Å²) in [4.78, 5) is 31.6. The minimum atomic E-state index is -1.79. The first-order chi connectivity index (χ1) is 20.5. The number of carbonyl (C=O) groups is 2. The standard InChI is InChI=1S/C32H45NO11/c1-15-18(25(44-41)24(36)22(33-28(38)42-6)17-10-8-7-9-11-17)13-32(40)16(2)26-30(5,19(34)12-20-31(26,39)14-43-20)27(37)23(35)21(15)29(32,3)4/h7-11,16,18-20,22-26,34-36,39-41H,12-14H2,1-6H3,(H,33,38)/t16?,18?,19?,20?,22?,23?,24?,25?,26?,30-,31?,32?/m1/s1. The molecule has 3 fully saturated rings. The van der Waals surface area contributed by atoms with Gasteiger partial charge in [0, 0.05) is 23.7 Å². The lowest BCUT2D eigenvalue weighted by Gasteiger charge is -2.67. The number of hydrogen-bond acceptors (Lipinski definition) is 11. The van der Waals surface area contributed by atoms with Crippen LogP contribution in [0.2, 0.25) is 0 Å². The van der Waals surface area contributed by atoms with Gasteiger partial charge in [-0.05, 0) is 37.3 Å². The fourth-order valence-corrected chi connectivity index (χ4v) is 9.20. The molecule has 0 spiro atoms. The van der Waals surface area contributed by atoms with Gasteiger partial charge in [-0.2, -0.15) is 0 Å². The molecule has 2 bridgehead atoms. The molecule has 0 radical (unpaired) electrons. The Labute approximate surface area is 256 Å². The Morgan fingerprint density at radius 2 is 1.77 bits per heavy atom. The van der Waals surface area contributed by atoms with Crippen molar-refractivity contribution in [3.63, 3.8) is 0 Å². The highest BCUT2D eigenvalue weighted by atomic mass is 17.1. The van der Waals surface area contributed by atoms with Gasteiger partial charge in [0.1, 0.15) is 23.9 Å². The molecule has 244 valence electrons. The second kappa shape index (κ2) is 11.1. The molecule has 5 rings (SSSR count). The highest BCUT2D eigenvalue weighted by Gasteiger charge is 2.74. The number of ether oxygens (including phenoxy) is 2. The number of amides is 1.